The maximum absolute atomic E-state index is 11.6. The highest BCUT2D eigenvalue weighted by Gasteiger charge is 2.17. The number of hydrogen-bond acceptors (Lipinski definition) is 4. The van der Waals surface area contributed by atoms with Crippen LogP contribution in [-0.4, -0.2) is 41.6 Å². The molecule has 5 heteroatoms. The molecule has 0 fully saturated rings. The molecule has 0 rings (SSSR count). The van der Waals surface area contributed by atoms with E-state index < -0.39 is 0 Å². The number of carbonyl (C=O) groups excluding carboxylic acids is 2. The third kappa shape index (κ3) is 5.39. The van der Waals surface area contributed by atoms with Crippen molar-refractivity contribution < 1.29 is 14.3 Å². The first-order chi connectivity index (χ1) is 7.56. The molecular formula is C11H21NO3S. The molecule has 0 aromatic rings. The normalized spacial score (nSPS) is 12.0. The minimum absolute atomic E-state index is 0.0288. The van der Waals surface area contributed by atoms with Gasteiger partial charge in [-0.05, 0) is 20.8 Å². The summed E-state index contributed by atoms with van der Waals surface area (Å²) in [4.78, 5) is 24.7. The Balaban J connectivity index is 3.95. The van der Waals surface area contributed by atoms with Crippen molar-refractivity contribution in [2.45, 2.75) is 27.7 Å². The molecule has 0 spiro atoms. The predicted molar refractivity (Wildman–Crippen MR) is 66.6 cm³/mol. The Morgan fingerprint density at radius 3 is 2.25 bits per heavy atom. The van der Waals surface area contributed by atoms with E-state index in [1.165, 1.54) is 11.8 Å². The van der Waals surface area contributed by atoms with Gasteiger partial charge in [0, 0.05) is 18.8 Å². The van der Waals surface area contributed by atoms with Gasteiger partial charge in [0.25, 0.3) is 5.24 Å². The van der Waals surface area contributed by atoms with Crippen molar-refractivity contribution in [2.24, 2.45) is 5.92 Å². The van der Waals surface area contributed by atoms with Crippen molar-refractivity contribution in [3.8, 4) is 0 Å². The SMILES string of the molecule is CCOC(=O)C(C)CSC(=O)N(CC)CC. The molecule has 1 unspecified atom stereocenters. The minimum atomic E-state index is -0.234. The first kappa shape index (κ1) is 15.3. The summed E-state index contributed by atoms with van der Waals surface area (Å²) in [6.07, 6.45) is 0. The van der Waals surface area contributed by atoms with Crippen LogP contribution < -0.4 is 0 Å². The number of ether oxygens (including phenoxy) is 1. The van der Waals surface area contributed by atoms with E-state index in [2.05, 4.69) is 0 Å². The average molecular weight is 247 g/mol. The number of amides is 1. The van der Waals surface area contributed by atoms with Gasteiger partial charge in [0.05, 0.1) is 12.5 Å². The number of rotatable bonds is 6. The molecule has 4 nitrogen and oxygen atoms in total. The Hall–Kier alpha value is -0.710. The second-order valence-corrected chi connectivity index (χ2v) is 4.37. The fourth-order valence-corrected chi connectivity index (χ4v) is 2.09. The lowest BCUT2D eigenvalue weighted by Crippen LogP contribution is -2.28. The standard InChI is InChI=1S/C11H21NO3S/c1-5-12(6-2)11(14)16-8-9(4)10(13)15-7-3/h9H,5-8H2,1-4H3. The topological polar surface area (TPSA) is 46.6 Å². The van der Waals surface area contributed by atoms with Crippen molar-refractivity contribution in [3.05, 3.63) is 0 Å². The lowest BCUT2D eigenvalue weighted by molar-refractivity contribution is -0.146. The summed E-state index contributed by atoms with van der Waals surface area (Å²) < 4.78 is 4.87. The van der Waals surface area contributed by atoms with Crippen molar-refractivity contribution in [1.82, 2.24) is 4.90 Å². The quantitative estimate of drug-likeness (QED) is 0.676. The van der Waals surface area contributed by atoms with E-state index in [9.17, 15) is 9.59 Å². The molecule has 94 valence electrons. The summed E-state index contributed by atoms with van der Waals surface area (Å²) in [5.74, 6) is 0.0144. The molecule has 0 saturated carbocycles. The van der Waals surface area contributed by atoms with E-state index in [1.54, 1.807) is 18.7 Å². The lowest BCUT2D eigenvalue weighted by atomic mass is 10.2. The van der Waals surface area contributed by atoms with Crippen LogP contribution in [0.1, 0.15) is 27.7 Å². The summed E-state index contributed by atoms with van der Waals surface area (Å²) in [7, 11) is 0. The Morgan fingerprint density at radius 1 is 1.25 bits per heavy atom. The van der Waals surface area contributed by atoms with Crippen LogP contribution in [0, 0.1) is 5.92 Å². The number of hydrogen-bond donors (Lipinski definition) is 0. The molecule has 1 amide bonds. The van der Waals surface area contributed by atoms with Gasteiger partial charge in [-0.1, -0.05) is 18.7 Å². The van der Waals surface area contributed by atoms with Crippen molar-refractivity contribution in [1.29, 1.82) is 0 Å². The highest BCUT2D eigenvalue weighted by Crippen LogP contribution is 2.14. The van der Waals surface area contributed by atoms with Gasteiger partial charge >= 0.3 is 5.97 Å². The summed E-state index contributed by atoms with van der Waals surface area (Å²) in [5.41, 5.74) is 0. The monoisotopic (exact) mass is 247 g/mol. The van der Waals surface area contributed by atoms with Gasteiger partial charge in [0.2, 0.25) is 0 Å². The maximum atomic E-state index is 11.6. The van der Waals surface area contributed by atoms with Crippen LogP contribution in [0.4, 0.5) is 4.79 Å². The molecule has 1 atom stereocenters. The fraction of sp³-hybridized carbons (Fsp3) is 0.818. The van der Waals surface area contributed by atoms with Gasteiger partial charge in [0.15, 0.2) is 0 Å². The number of thioether (sulfide) groups is 1. The molecule has 0 aliphatic rings. The molecule has 0 heterocycles. The second kappa shape index (κ2) is 8.44. The summed E-state index contributed by atoms with van der Waals surface area (Å²) in [6.45, 7) is 9.23. The van der Waals surface area contributed by atoms with E-state index in [0.29, 0.717) is 25.4 Å². The molecule has 0 radical (unpaired) electrons. The highest BCUT2D eigenvalue weighted by molar-refractivity contribution is 8.13. The van der Waals surface area contributed by atoms with Gasteiger partial charge in [-0.25, -0.2) is 0 Å². The fourth-order valence-electron chi connectivity index (χ4n) is 1.12. The van der Waals surface area contributed by atoms with E-state index in [-0.39, 0.29) is 17.1 Å². The first-order valence-corrected chi connectivity index (χ1v) is 6.63. The van der Waals surface area contributed by atoms with Crippen LogP contribution in [0.5, 0.6) is 0 Å². The van der Waals surface area contributed by atoms with Crippen LogP contribution in [0.15, 0.2) is 0 Å². The Morgan fingerprint density at radius 2 is 1.81 bits per heavy atom. The molecular weight excluding hydrogens is 226 g/mol. The zero-order chi connectivity index (χ0) is 12.6. The van der Waals surface area contributed by atoms with Crippen LogP contribution in [-0.2, 0) is 9.53 Å². The summed E-state index contributed by atoms with van der Waals surface area (Å²) in [6, 6.07) is 0. The molecule has 0 aliphatic carbocycles. The average Bonchev–Trinajstić information content (AvgIpc) is 2.27. The van der Waals surface area contributed by atoms with Crippen LogP contribution in [0.3, 0.4) is 0 Å². The Kier molecular flexibility index (Phi) is 8.07. The number of carbonyl (C=O) groups is 2. The Labute approximate surface area is 102 Å². The molecule has 16 heavy (non-hydrogen) atoms. The van der Waals surface area contributed by atoms with Crippen LogP contribution in [0.25, 0.3) is 0 Å². The summed E-state index contributed by atoms with van der Waals surface area (Å²) >= 11 is 1.18. The van der Waals surface area contributed by atoms with Gasteiger partial charge < -0.3 is 9.64 Å². The molecule has 0 bridgehead atoms. The third-order valence-corrected chi connectivity index (χ3v) is 3.34. The number of esters is 1. The summed E-state index contributed by atoms with van der Waals surface area (Å²) in [5, 5.41) is 0.0288. The van der Waals surface area contributed by atoms with Gasteiger partial charge in [0.1, 0.15) is 0 Å². The highest BCUT2D eigenvalue weighted by atomic mass is 32.2. The van der Waals surface area contributed by atoms with Crippen molar-refractivity contribution >= 4 is 23.0 Å². The van der Waals surface area contributed by atoms with E-state index in [0.717, 1.165) is 0 Å². The smallest absolute Gasteiger partial charge is 0.309 e. The zero-order valence-corrected chi connectivity index (χ0v) is 11.3. The van der Waals surface area contributed by atoms with E-state index in [1.807, 2.05) is 13.8 Å². The van der Waals surface area contributed by atoms with Gasteiger partial charge in [-0.15, -0.1) is 0 Å². The second-order valence-electron chi connectivity index (χ2n) is 3.40. The first-order valence-electron chi connectivity index (χ1n) is 5.65. The molecule has 0 N–H and O–H groups in total. The van der Waals surface area contributed by atoms with Crippen molar-refractivity contribution in [3.63, 3.8) is 0 Å². The molecule has 0 aromatic carbocycles. The predicted octanol–water partition coefficient (Wildman–Crippen LogP) is 2.38. The maximum Gasteiger partial charge on any atom is 0.309 e. The minimum Gasteiger partial charge on any atom is -0.466 e. The Bertz CT molecular complexity index is 229. The lowest BCUT2D eigenvalue weighted by Gasteiger charge is -2.18. The van der Waals surface area contributed by atoms with Crippen molar-refractivity contribution in [2.75, 3.05) is 25.4 Å². The largest absolute Gasteiger partial charge is 0.466 e. The zero-order valence-electron chi connectivity index (χ0n) is 10.5. The van der Waals surface area contributed by atoms with Gasteiger partial charge in [-0.3, -0.25) is 9.59 Å². The molecule has 0 aliphatic heterocycles. The number of nitrogens with zero attached hydrogens (tertiary/aromatic N) is 1. The third-order valence-electron chi connectivity index (χ3n) is 2.17. The van der Waals surface area contributed by atoms with Crippen LogP contribution >= 0.6 is 11.8 Å². The van der Waals surface area contributed by atoms with E-state index >= 15 is 0 Å². The van der Waals surface area contributed by atoms with Gasteiger partial charge in [-0.2, -0.15) is 0 Å². The van der Waals surface area contributed by atoms with E-state index in [4.69, 9.17) is 4.74 Å². The molecule has 0 saturated heterocycles. The molecule has 0 aromatic heterocycles. The van der Waals surface area contributed by atoms with Crippen LogP contribution in [0.2, 0.25) is 0 Å².